The third kappa shape index (κ3) is 3.87. The number of nitrogens with zero attached hydrogens (tertiary/aromatic N) is 2. The van der Waals surface area contributed by atoms with E-state index in [1.807, 2.05) is 6.20 Å². The van der Waals surface area contributed by atoms with Crippen LogP contribution >= 0.6 is 0 Å². The van der Waals surface area contributed by atoms with Gasteiger partial charge in [0.1, 0.15) is 0 Å². The topological polar surface area (TPSA) is 89.5 Å². The van der Waals surface area contributed by atoms with Crippen LogP contribution in [0, 0.1) is 5.41 Å². The predicted octanol–water partition coefficient (Wildman–Crippen LogP) is 1.10. The van der Waals surface area contributed by atoms with Crippen LogP contribution in [-0.2, 0) is 11.2 Å². The molecule has 0 saturated carbocycles. The van der Waals surface area contributed by atoms with E-state index in [1.54, 1.807) is 11.1 Å². The Balaban J connectivity index is 1.80. The number of carbonyl (C=O) groups is 1. The smallest absolute Gasteiger partial charge is 0.222 e. The van der Waals surface area contributed by atoms with Crippen molar-refractivity contribution in [2.75, 3.05) is 19.7 Å². The van der Waals surface area contributed by atoms with Crippen LogP contribution in [0.25, 0.3) is 0 Å². The van der Waals surface area contributed by atoms with Crippen molar-refractivity contribution in [3.63, 3.8) is 0 Å². The van der Waals surface area contributed by atoms with Gasteiger partial charge < -0.3 is 15.1 Å². The molecule has 2 atom stereocenters. The molecule has 1 fully saturated rings. The highest BCUT2D eigenvalue weighted by atomic mass is 16.3. The van der Waals surface area contributed by atoms with E-state index < -0.39 is 11.5 Å². The van der Waals surface area contributed by atoms with Crippen LogP contribution in [0.5, 0.6) is 0 Å². The molecule has 0 aliphatic carbocycles. The lowest BCUT2D eigenvalue weighted by Gasteiger charge is -2.44. The molecule has 6 nitrogen and oxygen atoms in total. The van der Waals surface area contributed by atoms with Gasteiger partial charge in [-0.05, 0) is 31.2 Å². The number of β-amino-alcohol motifs (C(OH)–C–C–N with tert-alkyl or cyclic N) is 1. The summed E-state index contributed by atoms with van der Waals surface area (Å²) in [5, 5.41) is 26.7. The first-order valence-corrected chi connectivity index (χ1v) is 8.15. The van der Waals surface area contributed by atoms with E-state index in [2.05, 4.69) is 17.1 Å². The quantitative estimate of drug-likeness (QED) is 0.704. The summed E-state index contributed by atoms with van der Waals surface area (Å²) >= 11 is 0. The number of H-pyrrole nitrogens is 1. The molecule has 1 saturated heterocycles. The third-order valence-corrected chi connectivity index (χ3v) is 4.81. The number of likely N-dealkylation sites (tertiary alicyclic amines) is 1. The van der Waals surface area contributed by atoms with E-state index in [-0.39, 0.29) is 12.5 Å². The minimum atomic E-state index is -0.635. The molecule has 0 radical (unpaired) electrons. The highest BCUT2D eigenvalue weighted by Gasteiger charge is 2.41. The minimum absolute atomic E-state index is 0.00940. The lowest BCUT2D eigenvalue weighted by Crippen LogP contribution is -2.54. The van der Waals surface area contributed by atoms with E-state index >= 15 is 0 Å². The Bertz CT molecular complexity index is 463. The molecule has 2 heterocycles. The van der Waals surface area contributed by atoms with Crippen molar-refractivity contribution in [1.29, 1.82) is 0 Å². The Kier molecular flexibility index (Phi) is 5.97. The fourth-order valence-corrected chi connectivity index (χ4v) is 3.31. The molecular weight excluding hydrogens is 282 g/mol. The number of piperidine rings is 1. The Morgan fingerprint density at radius 1 is 1.59 bits per heavy atom. The molecule has 6 heteroatoms. The minimum Gasteiger partial charge on any atom is -0.396 e. The lowest BCUT2D eigenvalue weighted by molar-refractivity contribution is -0.142. The molecule has 0 bridgehead atoms. The molecule has 3 N–H and O–H groups in total. The van der Waals surface area contributed by atoms with Crippen molar-refractivity contribution < 1.29 is 15.0 Å². The van der Waals surface area contributed by atoms with Gasteiger partial charge in [-0.1, -0.05) is 13.3 Å². The number of hydrogen-bond acceptors (Lipinski definition) is 4. The average Bonchev–Trinajstić information content (AvgIpc) is 3.02. The maximum Gasteiger partial charge on any atom is 0.222 e. The SMILES string of the molecule is CCC[C@]1(CO)CCN(C(=O)CCCc2cn[nH]c2)C[C@H]1O. The Hall–Kier alpha value is -1.40. The molecule has 0 spiro atoms. The zero-order chi connectivity index (χ0) is 16.0. The van der Waals surface area contributed by atoms with E-state index in [0.717, 1.165) is 31.2 Å². The van der Waals surface area contributed by atoms with E-state index in [4.69, 9.17) is 0 Å². The fraction of sp³-hybridized carbons (Fsp3) is 0.750. The first-order valence-electron chi connectivity index (χ1n) is 8.15. The summed E-state index contributed by atoms with van der Waals surface area (Å²) in [5.74, 6) is 0.0885. The summed E-state index contributed by atoms with van der Waals surface area (Å²) in [6.07, 6.45) is 7.47. The molecule has 1 aliphatic rings. The van der Waals surface area contributed by atoms with Crippen LogP contribution in [0.3, 0.4) is 0 Å². The first kappa shape index (κ1) is 17.0. The summed E-state index contributed by atoms with van der Waals surface area (Å²) in [5.41, 5.74) is 0.677. The van der Waals surface area contributed by atoms with Crippen LogP contribution in [0.15, 0.2) is 12.4 Å². The van der Waals surface area contributed by atoms with Gasteiger partial charge in [-0.25, -0.2) is 0 Å². The number of hydrogen-bond donors (Lipinski definition) is 3. The molecule has 22 heavy (non-hydrogen) atoms. The summed E-state index contributed by atoms with van der Waals surface area (Å²) in [4.78, 5) is 14.0. The average molecular weight is 309 g/mol. The lowest BCUT2D eigenvalue weighted by atomic mass is 9.73. The molecule has 0 unspecified atom stereocenters. The second-order valence-corrected chi connectivity index (χ2v) is 6.34. The maximum absolute atomic E-state index is 12.3. The second-order valence-electron chi connectivity index (χ2n) is 6.34. The van der Waals surface area contributed by atoms with Crippen molar-refractivity contribution in [2.24, 2.45) is 5.41 Å². The van der Waals surface area contributed by atoms with Crippen molar-refractivity contribution in [3.8, 4) is 0 Å². The molecule has 124 valence electrons. The molecule has 1 aliphatic heterocycles. The van der Waals surface area contributed by atoms with Crippen molar-refractivity contribution in [3.05, 3.63) is 18.0 Å². The normalized spacial score (nSPS) is 25.4. The summed E-state index contributed by atoms with van der Waals surface area (Å²) in [6, 6.07) is 0. The predicted molar refractivity (Wildman–Crippen MR) is 83.2 cm³/mol. The zero-order valence-corrected chi connectivity index (χ0v) is 13.3. The highest BCUT2D eigenvalue weighted by Crippen LogP contribution is 2.36. The number of aryl methyl sites for hydroxylation is 1. The Labute approximate surface area is 131 Å². The van der Waals surface area contributed by atoms with Gasteiger partial charge in [0.05, 0.1) is 18.9 Å². The van der Waals surface area contributed by atoms with Gasteiger partial charge in [0.15, 0.2) is 0 Å². The van der Waals surface area contributed by atoms with Gasteiger partial charge in [-0.15, -0.1) is 0 Å². The highest BCUT2D eigenvalue weighted by molar-refractivity contribution is 5.76. The van der Waals surface area contributed by atoms with E-state index in [0.29, 0.717) is 25.9 Å². The van der Waals surface area contributed by atoms with Crippen molar-refractivity contribution in [1.82, 2.24) is 15.1 Å². The van der Waals surface area contributed by atoms with Crippen LogP contribution < -0.4 is 0 Å². The molecule has 0 aromatic carbocycles. The maximum atomic E-state index is 12.3. The second kappa shape index (κ2) is 7.74. The van der Waals surface area contributed by atoms with Crippen molar-refractivity contribution in [2.45, 2.75) is 51.6 Å². The first-order chi connectivity index (χ1) is 10.6. The molecule has 1 amide bonds. The van der Waals surface area contributed by atoms with Crippen LogP contribution in [-0.4, -0.2) is 57.0 Å². The number of aromatic amines is 1. The number of aliphatic hydroxyl groups excluding tert-OH is 2. The van der Waals surface area contributed by atoms with Gasteiger partial charge in [0, 0.05) is 31.1 Å². The van der Waals surface area contributed by atoms with Crippen LogP contribution in [0.4, 0.5) is 0 Å². The van der Waals surface area contributed by atoms with E-state index in [9.17, 15) is 15.0 Å². The summed E-state index contributed by atoms with van der Waals surface area (Å²) < 4.78 is 0. The van der Waals surface area contributed by atoms with Gasteiger partial charge in [0.2, 0.25) is 5.91 Å². The van der Waals surface area contributed by atoms with Gasteiger partial charge in [-0.3, -0.25) is 9.89 Å². The van der Waals surface area contributed by atoms with Gasteiger partial charge in [0.25, 0.3) is 0 Å². The van der Waals surface area contributed by atoms with Gasteiger partial charge in [-0.2, -0.15) is 5.10 Å². The van der Waals surface area contributed by atoms with Gasteiger partial charge >= 0.3 is 0 Å². The van der Waals surface area contributed by atoms with Crippen LogP contribution in [0.1, 0.15) is 44.6 Å². The molecule has 1 aromatic heterocycles. The summed E-state index contributed by atoms with van der Waals surface area (Å²) in [7, 11) is 0. The molecule has 1 aromatic rings. The third-order valence-electron chi connectivity index (χ3n) is 4.81. The molecule has 2 rings (SSSR count). The molecular formula is C16H27N3O3. The zero-order valence-electron chi connectivity index (χ0n) is 13.3. The summed E-state index contributed by atoms with van der Waals surface area (Å²) in [6.45, 7) is 3.01. The number of aromatic nitrogens is 2. The Morgan fingerprint density at radius 3 is 3.00 bits per heavy atom. The number of carbonyl (C=O) groups excluding carboxylic acids is 1. The standard InChI is InChI=1S/C16H27N3O3/c1-2-6-16(12-20)7-8-19(11-14(16)21)15(22)5-3-4-13-9-17-18-10-13/h9-10,14,20-21H,2-8,11-12H2,1H3,(H,17,18)/t14-,16-/m1/s1. The largest absolute Gasteiger partial charge is 0.396 e. The number of amides is 1. The number of nitrogens with one attached hydrogen (secondary N) is 1. The Morgan fingerprint density at radius 2 is 2.41 bits per heavy atom. The van der Waals surface area contributed by atoms with Crippen molar-refractivity contribution >= 4 is 5.91 Å². The fourth-order valence-electron chi connectivity index (χ4n) is 3.31. The van der Waals surface area contributed by atoms with Crippen LogP contribution in [0.2, 0.25) is 0 Å². The number of rotatable bonds is 7. The monoisotopic (exact) mass is 309 g/mol. The number of aliphatic hydroxyl groups is 2. The van der Waals surface area contributed by atoms with E-state index in [1.165, 1.54) is 0 Å².